The molecule has 2 rings (SSSR count). The van der Waals surface area contributed by atoms with Crippen LogP contribution in [0.2, 0.25) is 0 Å². The molecular formula is C19H17BrF4N2O3. The molecule has 0 radical (unpaired) electrons. The van der Waals surface area contributed by atoms with Gasteiger partial charge < -0.3 is 10.1 Å². The number of rotatable bonds is 3. The van der Waals surface area contributed by atoms with Gasteiger partial charge in [-0.15, -0.1) is 0 Å². The van der Waals surface area contributed by atoms with E-state index in [0.717, 1.165) is 24.3 Å². The fraction of sp³-hybridized carbons (Fsp3) is 0.263. The summed E-state index contributed by atoms with van der Waals surface area (Å²) >= 11 is 3.03. The minimum atomic E-state index is -4.67. The van der Waals surface area contributed by atoms with E-state index in [2.05, 4.69) is 26.6 Å². The standard InChI is InChI=1S/C19H17BrF4N2O3/c1-18(2,3)29-17(28)26-14-7-4-10(19(22,23)24)8-15(14)25-16(27)12-6-5-11(21)9-13(12)20/h4-9H,1-3H3,(H,25,27)(H,26,28). The Bertz CT molecular complexity index is 940. The summed E-state index contributed by atoms with van der Waals surface area (Å²) in [7, 11) is 0. The minimum absolute atomic E-state index is 0.00738. The number of alkyl halides is 3. The van der Waals surface area contributed by atoms with Crippen LogP contribution in [0.3, 0.4) is 0 Å². The molecular weight excluding hydrogens is 460 g/mol. The Balaban J connectivity index is 2.38. The molecule has 29 heavy (non-hydrogen) atoms. The number of carbonyl (C=O) groups excluding carboxylic acids is 2. The predicted molar refractivity (Wildman–Crippen MR) is 103 cm³/mol. The van der Waals surface area contributed by atoms with E-state index < -0.39 is 35.2 Å². The van der Waals surface area contributed by atoms with Crippen molar-refractivity contribution in [1.29, 1.82) is 0 Å². The first kappa shape index (κ1) is 22.7. The Morgan fingerprint density at radius 2 is 1.62 bits per heavy atom. The van der Waals surface area contributed by atoms with Gasteiger partial charge in [-0.3, -0.25) is 10.1 Å². The fourth-order valence-corrected chi connectivity index (χ4v) is 2.74. The molecule has 2 N–H and O–H groups in total. The predicted octanol–water partition coefficient (Wildman–Crippen LogP) is 6.21. The van der Waals surface area contributed by atoms with Crippen LogP contribution in [0.15, 0.2) is 40.9 Å². The van der Waals surface area contributed by atoms with Crippen LogP contribution in [0.25, 0.3) is 0 Å². The second-order valence-corrected chi connectivity index (χ2v) is 7.82. The van der Waals surface area contributed by atoms with Crippen LogP contribution in [-0.4, -0.2) is 17.6 Å². The number of ether oxygens (including phenoxy) is 1. The van der Waals surface area contributed by atoms with Crippen molar-refractivity contribution in [2.45, 2.75) is 32.5 Å². The number of hydrogen-bond acceptors (Lipinski definition) is 3. The average Bonchev–Trinajstić information content (AvgIpc) is 2.53. The summed E-state index contributed by atoms with van der Waals surface area (Å²) in [5.74, 6) is -1.40. The normalized spacial score (nSPS) is 11.7. The van der Waals surface area contributed by atoms with E-state index in [9.17, 15) is 27.2 Å². The van der Waals surface area contributed by atoms with Gasteiger partial charge in [0, 0.05) is 4.47 Å². The zero-order valence-corrected chi connectivity index (χ0v) is 17.2. The van der Waals surface area contributed by atoms with Crippen molar-refractivity contribution in [3.05, 3.63) is 57.8 Å². The first-order valence-electron chi connectivity index (χ1n) is 8.24. The number of amides is 2. The van der Waals surface area contributed by atoms with E-state index in [1.807, 2.05) is 0 Å². The lowest BCUT2D eigenvalue weighted by atomic mass is 10.1. The molecule has 10 heteroatoms. The second-order valence-electron chi connectivity index (χ2n) is 6.96. The topological polar surface area (TPSA) is 67.4 Å². The van der Waals surface area contributed by atoms with E-state index in [1.165, 1.54) is 6.07 Å². The third kappa shape index (κ3) is 6.45. The zero-order chi connectivity index (χ0) is 22.0. The second kappa shape index (κ2) is 8.40. The summed E-state index contributed by atoms with van der Waals surface area (Å²) in [4.78, 5) is 24.5. The van der Waals surface area contributed by atoms with Gasteiger partial charge in [-0.1, -0.05) is 0 Å². The van der Waals surface area contributed by atoms with Gasteiger partial charge in [-0.25, -0.2) is 9.18 Å². The van der Waals surface area contributed by atoms with Gasteiger partial charge in [0.05, 0.1) is 22.5 Å². The molecule has 2 aromatic carbocycles. The van der Waals surface area contributed by atoms with Crippen LogP contribution in [0.5, 0.6) is 0 Å². The van der Waals surface area contributed by atoms with Crippen molar-refractivity contribution in [3.63, 3.8) is 0 Å². The zero-order valence-electron chi connectivity index (χ0n) is 15.6. The maximum absolute atomic E-state index is 13.2. The first-order valence-corrected chi connectivity index (χ1v) is 9.03. The highest BCUT2D eigenvalue weighted by Crippen LogP contribution is 2.34. The Morgan fingerprint density at radius 1 is 0.966 bits per heavy atom. The van der Waals surface area contributed by atoms with E-state index >= 15 is 0 Å². The molecule has 0 aliphatic heterocycles. The molecule has 0 atom stereocenters. The van der Waals surface area contributed by atoms with Gasteiger partial charge in [0.15, 0.2) is 0 Å². The Labute approximate surface area is 172 Å². The van der Waals surface area contributed by atoms with Crippen molar-refractivity contribution in [3.8, 4) is 0 Å². The van der Waals surface area contributed by atoms with Gasteiger partial charge in [0.2, 0.25) is 0 Å². The molecule has 0 aliphatic rings. The van der Waals surface area contributed by atoms with Crippen LogP contribution in [-0.2, 0) is 10.9 Å². The Hall–Kier alpha value is -2.62. The number of carbonyl (C=O) groups is 2. The van der Waals surface area contributed by atoms with Gasteiger partial charge in [-0.05, 0) is 73.1 Å². The molecule has 0 unspecified atom stereocenters. The van der Waals surface area contributed by atoms with Crippen LogP contribution in [0, 0.1) is 5.82 Å². The van der Waals surface area contributed by atoms with Crippen molar-refractivity contribution in [2.24, 2.45) is 0 Å². The fourth-order valence-electron chi connectivity index (χ4n) is 2.21. The highest BCUT2D eigenvalue weighted by Gasteiger charge is 2.31. The summed E-state index contributed by atoms with van der Waals surface area (Å²) in [6.45, 7) is 4.86. The van der Waals surface area contributed by atoms with Gasteiger partial charge >= 0.3 is 12.3 Å². The molecule has 0 saturated heterocycles. The number of nitrogens with one attached hydrogen (secondary N) is 2. The summed E-state index contributed by atoms with van der Waals surface area (Å²) in [6.07, 6.45) is -5.57. The molecule has 0 aliphatic carbocycles. The molecule has 2 aromatic rings. The highest BCUT2D eigenvalue weighted by atomic mass is 79.9. The molecule has 156 valence electrons. The first-order chi connectivity index (χ1) is 13.3. The molecule has 5 nitrogen and oxygen atoms in total. The summed E-state index contributed by atoms with van der Waals surface area (Å²) in [6, 6.07) is 5.69. The van der Waals surface area contributed by atoms with Gasteiger partial charge in [0.25, 0.3) is 5.91 Å². The van der Waals surface area contributed by atoms with Crippen molar-refractivity contribution < 1.29 is 31.9 Å². The van der Waals surface area contributed by atoms with Crippen LogP contribution in [0.4, 0.5) is 33.7 Å². The number of anilines is 2. The van der Waals surface area contributed by atoms with Crippen LogP contribution in [0.1, 0.15) is 36.7 Å². The summed E-state index contributed by atoms with van der Waals surface area (Å²) in [5.41, 5.74) is -2.27. The lowest BCUT2D eigenvalue weighted by molar-refractivity contribution is -0.137. The molecule has 0 aromatic heterocycles. The van der Waals surface area contributed by atoms with Gasteiger partial charge in [0.1, 0.15) is 11.4 Å². The third-order valence-corrected chi connectivity index (χ3v) is 4.06. The van der Waals surface area contributed by atoms with E-state index in [0.29, 0.717) is 6.07 Å². The SMILES string of the molecule is CC(C)(C)OC(=O)Nc1ccc(C(F)(F)F)cc1NC(=O)c1ccc(F)cc1Br. The smallest absolute Gasteiger partial charge is 0.416 e. The average molecular weight is 477 g/mol. The lowest BCUT2D eigenvalue weighted by Gasteiger charge is -2.21. The van der Waals surface area contributed by atoms with E-state index in [4.69, 9.17) is 4.74 Å². The molecule has 0 spiro atoms. The number of benzene rings is 2. The van der Waals surface area contributed by atoms with Crippen molar-refractivity contribution in [2.75, 3.05) is 10.6 Å². The number of halogens is 5. The maximum Gasteiger partial charge on any atom is 0.416 e. The van der Waals surface area contributed by atoms with Gasteiger partial charge in [-0.2, -0.15) is 13.2 Å². The molecule has 0 saturated carbocycles. The summed E-state index contributed by atoms with van der Waals surface area (Å²) in [5, 5.41) is 4.62. The summed E-state index contributed by atoms with van der Waals surface area (Å²) < 4.78 is 57.7. The highest BCUT2D eigenvalue weighted by molar-refractivity contribution is 9.10. The molecule has 0 bridgehead atoms. The lowest BCUT2D eigenvalue weighted by Crippen LogP contribution is -2.27. The maximum atomic E-state index is 13.2. The van der Waals surface area contributed by atoms with E-state index in [-0.39, 0.29) is 21.4 Å². The van der Waals surface area contributed by atoms with Crippen molar-refractivity contribution >= 4 is 39.3 Å². The molecule has 2 amide bonds. The minimum Gasteiger partial charge on any atom is -0.444 e. The third-order valence-electron chi connectivity index (χ3n) is 3.41. The van der Waals surface area contributed by atoms with Crippen molar-refractivity contribution in [1.82, 2.24) is 0 Å². The Kier molecular flexibility index (Phi) is 6.56. The monoisotopic (exact) mass is 476 g/mol. The largest absolute Gasteiger partial charge is 0.444 e. The molecule has 0 fully saturated rings. The number of hydrogen-bond donors (Lipinski definition) is 2. The Morgan fingerprint density at radius 3 is 2.17 bits per heavy atom. The quantitative estimate of drug-likeness (QED) is 0.517. The van der Waals surface area contributed by atoms with Crippen LogP contribution >= 0.6 is 15.9 Å². The van der Waals surface area contributed by atoms with Crippen LogP contribution < -0.4 is 10.6 Å². The van der Waals surface area contributed by atoms with E-state index in [1.54, 1.807) is 20.8 Å². The molecule has 0 heterocycles.